The molecule has 29 heavy (non-hydrogen) atoms. The maximum absolute atomic E-state index is 13.3. The highest BCUT2D eigenvalue weighted by atomic mass is 32.2. The third kappa shape index (κ3) is 4.01. The van der Waals surface area contributed by atoms with Gasteiger partial charge in [0.05, 0.1) is 4.90 Å². The minimum Gasteiger partial charge on any atom is -0.307 e. The second kappa shape index (κ2) is 7.69. The van der Waals surface area contributed by atoms with Crippen LogP contribution in [0.1, 0.15) is 0 Å². The maximum atomic E-state index is 13.3. The number of rotatable bonds is 6. The number of hydrogen-bond donors (Lipinski definition) is 1. The quantitative estimate of drug-likeness (QED) is 0.525. The largest absolute Gasteiger partial charge is 0.307 e. The van der Waals surface area contributed by atoms with E-state index in [4.69, 9.17) is 0 Å². The number of nitrogens with one attached hydrogen (secondary N) is 1. The molecule has 0 unspecified atom stereocenters. The minimum atomic E-state index is -3.79. The number of aromatic nitrogens is 3. The zero-order valence-corrected chi connectivity index (χ0v) is 15.9. The number of halogens is 2. The van der Waals surface area contributed by atoms with E-state index in [-0.39, 0.29) is 23.8 Å². The molecular weight excluding hydrogens is 398 g/mol. The molecule has 4 rings (SSSR count). The molecule has 0 bridgehead atoms. The van der Waals surface area contributed by atoms with Crippen LogP contribution in [0.15, 0.2) is 71.8 Å². The second-order valence-electron chi connectivity index (χ2n) is 6.29. The summed E-state index contributed by atoms with van der Waals surface area (Å²) in [5.41, 5.74) is 1.92. The van der Waals surface area contributed by atoms with E-state index in [1.807, 2.05) is 0 Å². The van der Waals surface area contributed by atoms with E-state index in [2.05, 4.69) is 14.7 Å². The van der Waals surface area contributed by atoms with Gasteiger partial charge in [0.1, 0.15) is 23.0 Å². The lowest BCUT2D eigenvalue weighted by Gasteiger charge is -2.11. The number of sulfonamides is 1. The van der Waals surface area contributed by atoms with Crippen LogP contribution in [-0.4, -0.2) is 29.5 Å². The van der Waals surface area contributed by atoms with Crippen molar-refractivity contribution in [3.63, 3.8) is 0 Å². The molecule has 148 valence electrons. The first-order valence-corrected chi connectivity index (χ1v) is 10.2. The maximum Gasteiger partial charge on any atom is 0.240 e. The Hall–Kier alpha value is -3.17. The van der Waals surface area contributed by atoms with E-state index in [1.54, 1.807) is 35.0 Å². The fraction of sp³-hybridized carbons (Fsp3) is 0.100. The van der Waals surface area contributed by atoms with Gasteiger partial charge in [-0.05, 0) is 60.7 Å². The average Bonchev–Trinajstić information content (AvgIpc) is 3.07. The first kappa shape index (κ1) is 19.2. The zero-order valence-electron chi connectivity index (χ0n) is 15.1. The Bertz CT molecular complexity index is 1250. The standard InChI is InChI=1S/C20H16F2N4O2S/c21-15-5-3-14(4-6-15)19-25-18-2-1-11-23-20(18)26(19)13-12-24-29(27,28)17-9-7-16(22)8-10-17/h1-11,24H,12-13H2. The molecule has 0 atom stereocenters. The summed E-state index contributed by atoms with van der Waals surface area (Å²) in [6, 6.07) is 14.0. The fourth-order valence-electron chi connectivity index (χ4n) is 2.98. The summed E-state index contributed by atoms with van der Waals surface area (Å²) in [7, 11) is -3.79. The summed E-state index contributed by atoms with van der Waals surface area (Å²) < 4.78 is 55.4. The van der Waals surface area contributed by atoms with Crippen LogP contribution >= 0.6 is 0 Å². The van der Waals surface area contributed by atoms with Gasteiger partial charge in [-0.2, -0.15) is 0 Å². The van der Waals surface area contributed by atoms with Gasteiger partial charge in [-0.15, -0.1) is 0 Å². The molecule has 6 nitrogen and oxygen atoms in total. The third-order valence-corrected chi connectivity index (χ3v) is 5.83. The van der Waals surface area contributed by atoms with E-state index >= 15 is 0 Å². The SMILES string of the molecule is O=S(=O)(NCCn1c(-c2ccc(F)cc2)nc2cccnc21)c1ccc(F)cc1. The van der Waals surface area contributed by atoms with Crippen LogP contribution in [0.5, 0.6) is 0 Å². The summed E-state index contributed by atoms with van der Waals surface area (Å²) in [5.74, 6) is -0.315. The number of hydrogen-bond acceptors (Lipinski definition) is 4. The summed E-state index contributed by atoms with van der Waals surface area (Å²) >= 11 is 0. The highest BCUT2D eigenvalue weighted by Crippen LogP contribution is 2.23. The van der Waals surface area contributed by atoms with Crippen LogP contribution in [-0.2, 0) is 16.6 Å². The Kier molecular flexibility index (Phi) is 5.08. The molecule has 2 heterocycles. The predicted molar refractivity (Wildman–Crippen MR) is 105 cm³/mol. The highest BCUT2D eigenvalue weighted by molar-refractivity contribution is 7.89. The molecule has 0 spiro atoms. The topological polar surface area (TPSA) is 76.9 Å². The average molecular weight is 414 g/mol. The molecule has 0 aliphatic carbocycles. The lowest BCUT2D eigenvalue weighted by molar-refractivity contribution is 0.573. The van der Waals surface area contributed by atoms with Gasteiger partial charge < -0.3 is 4.57 Å². The smallest absolute Gasteiger partial charge is 0.240 e. The molecule has 0 saturated carbocycles. The molecule has 0 aliphatic rings. The first-order chi connectivity index (χ1) is 13.9. The van der Waals surface area contributed by atoms with Crippen molar-refractivity contribution in [3.8, 4) is 11.4 Å². The van der Waals surface area contributed by atoms with E-state index in [0.29, 0.717) is 22.6 Å². The highest BCUT2D eigenvalue weighted by Gasteiger charge is 2.16. The second-order valence-corrected chi connectivity index (χ2v) is 8.06. The van der Waals surface area contributed by atoms with Crippen molar-refractivity contribution in [2.24, 2.45) is 0 Å². The summed E-state index contributed by atoms with van der Waals surface area (Å²) in [5, 5.41) is 0. The normalized spacial score (nSPS) is 11.8. The fourth-order valence-corrected chi connectivity index (χ4v) is 4.00. The summed E-state index contributed by atoms with van der Waals surface area (Å²) in [6.45, 7) is 0.316. The van der Waals surface area contributed by atoms with Gasteiger partial charge in [0.15, 0.2) is 5.65 Å². The monoisotopic (exact) mass is 414 g/mol. The summed E-state index contributed by atoms with van der Waals surface area (Å²) in [6.07, 6.45) is 1.62. The van der Waals surface area contributed by atoms with Gasteiger partial charge >= 0.3 is 0 Å². The van der Waals surface area contributed by atoms with Crippen molar-refractivity contribution in [2.45, 2.75) is 11.4 Å². The van der Waals surface area contributed by atoms with Gasteiger partial charge in [0.2, 0.25) is 10.0 Å². The Labute approximate surface area is 165 Å². The van der Waals surface area contributed by atoms with Crippen LogP contribution in [0.3, 0.4) is 0 Å². The van der Waals surface area contributed by atoms with E-state index in [1.165, 1.54) is 24.3 Å². The van der Waals surface area contributed by atoms with Crippen molar-refractivity contribution in [3.05, 3.63) is 78.5 Å². The summed E-state index contributed by atoms with van der Waals surface area (Å²) in [4.78, 5) is 8.87. The Morgan fingerprint density at radius 3 is 2.28 bits per heavy atom. The van der Waals surface area contributed by atoms with Crippen molar-refractivity contribution >= 4 is 21.2 Å². The van der Waals surface area contributed by atoms with E-state index in [9.17, 15) is 17.2 Å². The molecule has 0 aliphatic heterocycles. The van der Waals surface area contributed by atoms with Crippen molar-refractivity contribution < 1.29 is 17.2 Å². The van der Waals surface area contributed by atoms with Crippen molar-refractivity contribution in [2.75, 3.05) is 6.54 Å². The molecule has 0 amide bonds. The molecule has 4 aromatic rings. The van der Waals surface area contributed by atoms with Crippen molar-refractivity contribution in [1.82, 2.24) is 19.3 Å². The van der Waals surface area contributed by atoms with E-state index < -0.39 is 15.8 Å². The molecule has 0 saturated heterocycles. The molecule has 0 radical (unpaired) electrons. The Morgan fingerprint density at radius 1 is 0.931 bits per heavy atom. The third-order valence-electron chi connectivity index (χ3n) is 4.36. The minimum absolute atomic E-state index is 0.0220. The number of pyridine rings is 1. The molecule has 0 fully saturated rings. The van der Waals surface area contributed by atoms with Gasteiger partial charge in [-0.3, -0.25) is 0 Å². The molecule has 9 heteroatoms. The van der Waals surface area contributed by atoms with E-state index in [0.717, 1.165) is 12.1 Å². The van der Waals surface area contributed by atoms with Gasteiger partial charge in [0.25, 0.3) is 0 Å². The van der Waals surface area contributed by atoms with Crippen LogP contribution in [0.2, 0.25) is 0 Å². The molecule has 2 aromatic heterocycles. The molecule has 1 N–H and O–H groups in total. The number of imidazole rings is 1. The lowest BCUT2D eigenvalue weighted by atomic mass is 10.2. The van der Waals surface area contributed by atoms with Crippen LogP contribution in [0.25, 0.3) is 22.6 Å². The Balaban J connectivity index is 1.61. The number of nitrogens with zero attached hydrogens (tertiary/aromatic N) is 3. The van der Waals surface area contributed by atoms with Gasteiger partial charge in [-0.1, -0.05) is 0 Å². The first-order valence-electron chi connectivity index (χ1n) is 8.76. The van der Waals surface area contributed by atoms with Gasteiger partial charge in [-0.25, -0.2) is 31.9 Å². The number of fused-ring (bicyclic) bond motifs is 1. The number of benzene rings is 2. The Morgan fingerprint density at radius 2 is 1.59 bits per heavy atom. The van der Waals surface area contributed by atoms with Crippen molar-refractivity contribution in [1.29, 1.82) is 0 Å². The van der Waals surface area contributed by atoms with Gasteiger partial charge in [0, 0.05) is 24.8 Å². The van der Waals surface area contributed by atoms with Crippen LogP contribution in [0, 0.1) is 11.6 Å². The van der Waals surface area contributed by atoms with Crippen LogP contribution in [0.4, 0.5) is 8.78 Å². The zero-order chi connectivity index (χ0) is 20.4. The van der Waals surface area contributed by atoms with Crippen LogP contribution < -0.4 is 4.72 Å². The lowest BCUT2D eigenvalue weighted by Crippen LogP contribution is -2.27. The predicted octanol–water partition coefficient (Wildman–Crippen LogP) is 3.36. The molecular formula is C20H16F2N4O2S. The molecule has 2 aromatic carbocycles.